The van der Waals surface area contributed by atoms with Crippen molar-refractivity contribution in [2.75, 3.05) is 19.3 Å². The summed E-state index contributed by atoms with van der Waals surface area (Å²) in [6.45, 7) is 8.38. The molecule has 1 aromatic carbocycles. The Hall–Kier alpha value is -1.54. The lowest BCUT2D eigenvalue weighted by atomic mass is 9.76. The minimum Gasteiger partial charge on any atom is -0.478 e. The summed E-state index contributed by atoms with van der Waals surface area (Å²) >= 11 is 6.05. The van der Waals surface area contributed by atoms with Crippen molar-refractivity contribution < 1.29 is 19.2 Å². The smallest absolute Gasteiger partial charge is 0.478 e. The molecular weight excluding hydrogens is 342 g/mol. The second-order valence-electron chi connectivity index (χ2n) is 7.10. The number of likely N-dealkylation sites (N-methyl/N-ethyl adjacent to an activating group) is 1. The normalized spacial score (nSPS) is 19.3. The van der Waals surface area contributed by atoms with Gasteiger partial charge in [0.05, 0.1) is 22.5 Å². The van der Waals surface area contributed by atoms with Gasteiger partial charge in [-0.2, -0.15) is 0 Å². The highest BCUT2D eigenvalue weighted by Crippen LogP contribution is 2.39. The Kier molecular flexibility index (Phi) is 5.54. The van der Waals surface area contributed by atoms with Gasteiger partial charge in [0.25, 0.3) is 0 Å². The van der Waals surface area contributed by atoms with Crippen molar-refractivity contribution in [2.45, 2.75) is 38.9 Å². The van der Waals surface area contributed by atoms with Crippen LogP contribution in [0.4, 0.5) is 5.69 Å². The number of nitrogens with one attached hydrogen (secondary N) is 1. The third kappa shape index (κ3) is 4.01. The fourth-order valence-electron chi connectivity index (χ4n) is 2.54. The molecule has 1 heterocycles. The minimum absolute atomic E-state index is 0.0310. The van der Waals surface area contributed by atoms with E-state index in [2.05, 4.69) is 5.32 Å². The van der Waals surface area contributed by atoms with Gasteiger partial charge in [-0.05, 0) is 57.9 Å². The fraction of sp³-hybridized carbons (Fsp3) is 0.471. The first-order valence-electron chi connectivity index (χ1n) is 8.01. The van der Waals surface area contributed by atoms with Gasteiger partial charge in [-0.15, -0.1) is 0 Å². The molecular formula is C17H24BClN2O4. The van der Waals surface area contributed by atoms with Crippen molar-refractivity contribution in [2.24, 2.45) is 0 Å². The lowest BCUT2D eigenvalue weighted by Crippen LogP contribution is -2.41. The molecule has 0 saturated carbocycles. The van der Waals surface area contributed by atoms with Crippen LogP contribution in [-0.2, 0) is 9.31 Å². The monoisotopic (exact) mass is 366 g/mol. The number of nitrogens with two attached hydrogens (primary N) is 1. The molecule has 1 aliphatic rings. The number of halogens is 1. The van der Waals surface area contributed by atoms with E-state index < -0.39 is 24.3 Å². The zero-order valence-corrected chi connectivity index (χ0v) is 15.9. The van der Waals surface area contributed by atoms with E-state index in [-0.39, 0.29) is 11.3 Å². The van der Waals surface area contributed by atoms with Crippen molar-refractivity contribution in [1.82, 2.24) is 5.32 Å². The van der Waals surface area contributed by atoms with Crippen molar-refractivity contribution in [3.63, 3.8) is 0 Å². The average molecular weight is 367 g/mol. The zero-order valence-electron chi connectivity index (χ0n) is 15.1. The first kappa shape index (κ1) is 19.8. The molecule has 4 N–H and O–H groups in total. The van der Waals surface area contributed by atoms with E-state index in [1.165, 1.54) is 6.07 Å². The highest BCUT2D eigenvalue weighted by Gasteiger charge is 2.52. The van der Waals surface area contributed by atoms with Crippen LogP contribution >= 0.6 is 11.6 Å². The molecule has 0 atom stereocenters. The maximum Gasteiger partial charge on any atom is 0.491 e. The first-order chi connectivity index (χ1) is 11.5. The van der Waals surface area contributed by atoms with Crippen LogP contribution in [0.2, 0.25) is 5.02 Å². The molecule has 0 unspecified atom stereocenters. The summed E-state index contributed by atoms with van der Waals surface area (Å²) in [4.78, 5) is 11.3. The second kappa shape index (κ2) is 7.00. The Morgan fingerprint density at radius 1 is 1.32 bits per heavy atom. The van der Waals surface area contributed by atoms with Gasteiger partial charge in [0, 0.05) is 11.6 Å². The Bertz CT molecular complexity index is 703. The molecule has 0 amide bonds. The molecule has 25 heavy (non-hydrogen) atoms. The van der Waals surface area contributed by atoms with Crippen LogP contribution in [0.5, 0.6) is 0 Å². The molecule has 1 aliphatic heterocycles. The van der Waals surface area contributed by atoms with Gasteiger partial charge in [-0.25, -0.2) is 4.79 Å². The van der Waals surface area contributed by atoms with Gasteiger partial charge < -0.3 is 25.5 Å². The summed E-state index contributed by atoms with van der Waals surface area (Å²) < 4.78 is 12.2. The third-order valence-corrected chi connectivity index (χ3v) is 4.90. The largest absolute Gasteiger partial charge is 0.491 e. The maximum atomic E-state index is 11.3. The molecule has 2 rings (SSSR count). The molecule has 1 fully saturated rings. The number of aromatic carboxylic acids is 1. The van der Waals surface area contributed by atoms with Crippen molar-refractivity contribution in [3.8, 4) is 0 Å². The minimum atomic E-state index is -1.12. The molecule has 1 saturated heterocycles. The summed E-state index contributed by atoms with van der Waals surface area (Å²) in [6.07, 6.45) is 1.77. The average Bonchev–Trinajstić information content (AvgIpc) is 2.70. The van der Waals surface area contributed by atoms with E-state index in [0.717, 1.165) is 5.47 Å². The van der Waals surface area contributed by atoms with Gasteiger partial charge in [-0.3, -0.25) is 0 Å². The molecule has 0 spiro atoms. The van der Waals surface area contributed by atoms with Gasteiger partial charge in [0.2, 0.25) is 0 Å². The van der Waals surface area contributed by atoms with Crippen LogP contribution in [0, 0.1) is 0 Å². The van der Waals surface area contributed by atoms with Crippen LogP contribution < -0.4 is 11.1 Å². The van der Waals surface area contributed by atoms with Crippen LogP contribution in [-0.4, -0.2) is 43.0 Å². The fourth-order valence-corrected chi connectivity index (χ4v) is 2.76. The zero-order chi connectivity index (χ0) is 19.0. The Balaban J connectivity index is 2.47. The van der Waals surface area contributed by atoms with E-state index in [1.54, 1.807) is 12.1 Å². The first-order valence-corrected chi connectivity index (χ1v) is 8.39. The standard InChI is InChI=1S/C17H24BClN2O4/c1-16(2)17(3,4)25-18(24-16)11(9-21-5)6-10-7-12(19)8-13(14(10)20)15(22)23/h6-8,21H,9,20H2,1-5H3,(H,22,23). The molecule has 0 bridgehead atoms. The maximum absolute atomic E-state index is 11.3. The van der Waals surface area contributed by atoms with Crippen LogP contribution in [0.1, 0.15) is 43.6 Å². The second-order valence-corrected chi connectivity index (χ2v) is 7.54. The number of hydrogen-bond acceptors (Lipinski definition) is 5. The lowest BCUT2D eigenvalue weighted by molar-refractivity contribution is 0.00578. The van der Waals surface area contributed by atoms with Crippen molar-refractivity contribution in [1.29, 1.82) is 0 Å². The van der Waals surface area contributed by atoms with Gasteiger partial charge in [-0.1, -0.05) is 17.7 Å². The number of carbonyl (C=O) groups is 1. The summed E-state index contributed by atoms with van der Waals surface area (Å²) in [6, 6.07) is 2.97. The summed E-state index contributed by atoms with van der Waals surface area (Å²) in [7, 11) is 1.24. The lowest BCUT2D eigenvalue weighted by Gasteiger charge is -2.32. The molecule has 0 radical (unpaired) electrons. The molecule has 8 heteroatoms. The van der Waals surface area contributed by atoms with Gasteiger partial charge >= 0.3 is 13.1 Å². The van der Waals surface area contributed by atoms with E-state index in [9.17, 15) is 9.90 Å². The predicted molar refractivity (Wildman–Crippen MR) is 101 cm³/mol. The Morgan fingerprint density at radius 2 is 1.88 bits per heavy atom. The van der Waals surface area contributed by atoms with E-state index >= 15 is 0 Å². The number of anilines is 1. The highest BCUT2D eigenvalue weighted by molar-refractivity contribution is 6.56. The molecule has 6 nitrogen and oxygen atoms in total. The van der Waals surface area contributed by atoms with Gasteiger partial charge in [0.1, 0.15) is 0 Å². The Labute approximate surface area is 153 Å². The van der Waals surface area contributed by atoms with E-state index in [0.29, 0.717) is 17.1 Å². The third-order valence-electron chi connectivity index (χ3n) is 4.68. The quantitative estimate of drug-likeness (QED) is 0.548. The number of hydrogen-bond donors (Lipinski definition) is 3. The predicted octanol–water partition coefficient (Wildman–Crippen LogP) is 2.85. The van der Waals surface area contributed by atoms with E-state index in [4.69, 9.17) is 26.6 Å². The number of benzene rings is 1. The molecule has 0 aromatic heterocycles. The number of nitrogen functional groups attached to an aromatic ring is 1. The van der Waals surface area contributed by atoms with Crippen LogP contribution in [0.3, 0.4) is 0 Å². The number of carboxylic acid groups (broad SMARTS) is 1. The van der Waals surface area contributed by atoms with Crippen LogP contribution in [0.25, 0.3) is 6.08 Å². The number of rotatable bonds is 5. The summed E-state index contributed by atoms with van der Waals surface area (Å²) in [5.41, 5.74) is 6.51. The summed E-state index contributed by atoms with van der Waals surface area (Å²) in [5, 5.41) is 12.7. The van der Waals surface area contributed by atoms with Crippen molar-refractivity contribution in [3.05, 3.63) is 33.8 Å². The molecule has 1 aromatic rings. The van der Waals surface area contributed by atoms with Crippen LogP contribution in [0.15, 0.2) is 17.6 Å². The SMILES string of the molecule is CNCC(=Cc1cc(Cl)cc(C(=O)O)c1N)B1OC(C)(C)C(C)(C)O1. The van der Waals surface area contributed by atoms with E-state index in [1.807, 2.05) is 34.7 Å². The highest BCUT2D eigenvalue weighted by atomic mass is 35.5. The molecule has 0 aliphatic carbocycles. The topological polar surface area (TPSA) is 93.8 Å². The summed E-state index contributed by atoms with van der Waals surface area (Å²) in [5.74, 6) is -1.12. The van der Waals surface area contributed by atoms with Gasteiger partial charge in [0.15, 0.2) is 0 Å². The Morgan fingerprint density at radius 3 is 2.36 bits per heavy atom. The molecule has 136 valence electrons. The van der Waals surface area contributed by atoms with Crippen molar-refractivity contribution >= 4 is 36.5 Å². The number of carboxylic acids is 1.